The van der Waals surface area contributed by atoms with Crippen LogP contribution in [0.4, 0.5) is 0 Å². The van der Waals surface area contributed by atoms with Crippen LogP contribution >= 0.6 is 0 Å². The number of aryl methyl sites for hydroxylation is 1. The zero-order valence-electron chi connectivity index (χ0n) is 18.5. The second-order valence-corrected chi connectivity index (χ2v) is 8.33. The summed E-state index contributed by atoms with van der Waals surface area (Å²) in [5, 5.41) is 19.9. The smallest absolute Gasteiger partial charge is 0.330 e. The lowest BCUT2D eigenvalue weighted by molar-refractivity contribution is -0.149. The molecule has 0 atom stereocenters. The molecule has 8 heteroatoms. The fourth-order valence-corrected chi connectivity index (χ4v) is 3.19. The number of carbonyl (C=O) groups is 2. The number of carbonyl (C=O) groups excluding carboxylic acids is 2. The Morgan fingerprint density at radius 3 is 2.31 bits per heavy atom. The number of fused-ring (bicyclic) bond motifs is 1. The monoisotopic (exact) mass is 437 g/mol. The topological polar surface area (TPSA) is 104 Å². The van der Waals surface area contributed by atoms with Gasteiger partial charge in [-0.05, 0) is 35.6 Å². The fraction of sp³-hybridized carbons (Fsp3) is 0.333. The summed E-state index contributed by atoms with van der Waals surface area (Å²) in [6.07, 6.45) is 1.59. The van der Waals surface area contributed by atoms with Gasteiger partial charge >= 0.3 is 11.9 Å². The zero-order valence-corrected chi connectivity index (χ0v) is 18.5. The number of ether oxygens (including phenoxy) is 2. The van der Waals surface area contributed by atoms with Gasteiger partial charge in [-0.25, -0.2) is 4.79 Å². The maximum absolute atomic E-state index is 12.1. The van der Waals surface area contributed by atoms with E-state index in [1.807, 2.05) is 51.1 Å². The van der Waals surface area contributed by atoms with E-state index in [9.17, 15) is 14.7 Å². The molecule has 0 aliphatic rings. The van der Waals surface area contributed by atoms with Gasteiger partial charge in [0.15, 0.2) is 0 Å². The summed E-state index contributed by atoms with van der Waals surface area (Å²) in [5.74, 6) is -0.866. The van der Waals surface area contributed by atoms with E-state index < -0.39 is 11.9 Å². The molecule has 1 N–H and O–H groups in total. The van der Waals surface area contributed by atoms with Gasteiger partial charge in [-0.15, -0.1) is 15.0 Å². The minimum Gasteiger partial charge on any atom is -0.505 e. The van der Waals surface area contributed by atoms with E-state index in [4.69, 9.17) is 9.47 Å². The highest BCUT2D eigenvalue weighted by molar-refractivity contribution is 5.81. The molecule has 32 heavy (non-hydrogen) atoms. The Labute approximate surface area is 186 Å². The van der Waals surface area contributed by atoms with Crippen LogP contribution in [0.2, 0.25) is 0 Å². The van der Waals surface area contributed by atoms with Gasteiger partial charge in [-0.3, -0.25) is 4.79 Å². The van der Waals surface area contributed by atoms with Crippen LogP contribution in [0.1, 0.15) is 38.3 Å². The predicted octanol–water partition coefficient (Wildman–Crippen LogP) is 3.63. The molecule has 8 nitrogen and oxygen atoms in total. The lowest BCUT2D eigenvalue weighted by atomic mass is 9.84. The number of rotatable bonds is 8. The fourth-order valence-electron chi connectivity index (χ4n) is 3.19. The van der Waals surface area contributed by atoms with Crippen molar-refractivity contribution < 1.29 is 24.2 Å². The van der Waals surface area contributed by atoms with E-state index >= 15 is 0 Å². The third-order valence-electron chi connectivity index (χ3n) is 4.83. The van der Waals surface area contributed by atoms with Crippen molar-refractivity contribution >= 4 is 23.0 Å². The molecule has 0 amide bonds. The number of hydrogen-bond donors (Lipinski definition) is 1. The SMILES string of the molecule is C=CC(=O)OCCOC(=O)CCc1cc(-n2nc3ccccc3n2)c(O)c(C(C)(C)C)c1. The molecule has 3 rings (SSSR count). The second kappa shape index (κ2) is 9.64. The molecule has 0 spiro atoms. The van der Waals surface area contributed by atoms with Gasteiger partial charge in [0.05, 0.1) is 0 Å². The van der Waals surface area contributed by atoms with Gasteiger partial charge < -0.3 is 14.6 Å². The summed E-state index contributed by atoms with van der Waals surface area (Å²) in [6, 6.07) is 11.1. The van der Waals surface area contributed by atoms with E-state index in [2.05, 4.69) is 16.8 Å². The Morgan fingerprint density at radius 1 is 1.09 bits per heavy atom. The predicted molar refractivity (Wildman–Crippen MR) is 120 cm³/mol. The van der Waals surface area contributed by atoms with Crippen molar-refractivity contribution in [3.63, 3.8) is 0 Å². The van der Waals surface area contributed by atoms with Crippen molar-refractivity contribution in [1.82, 2.24) is 15.0 Å². The molecule has 3 aromatic rings. The van der Waals surface area contributed by atoms with Crippen LogP contribution in [-0.2, 0) is 30.9 Å². The Bertz CT molecular complexity index is 1110. The molecule has 0 saturated carbocycles. The minimum absolute atomic E-state index is 0.0176. The van der Waals surface area contributed by atoms with Gasteiger partial charge in [-0.1, -0.05) is 45.5 Å². The maximum atomic E-state index is 12.1. The summed E-state index contributed by atoms with van der Waals surface area (Å²) < 4.78 is 9.89. The van der Waals surface area contributed by atoms with Gasteiger partial charge in [0, 0.05) is 18.1 Å². The summed E-state index contributed by atoms with van der Waals surface area (Å²) in [6.45, 7) is 9.26. The van der Waals surface area contributed by atoms with Crippen LogP contribution < -0.4 is 0 Å². The van der Waals surface area contributed by atoms with E-state index in [0.29, 0.717) is 12.1 Å². The van der Waals surface area contributed by atoms with Crippen LogP contribution in [0.15, 0.2) is 49.1 Å². The summed E-state index contributed by atoms with van der Waals surface area (Å²) in [7, 11) is 0. The third-order valence-corrected chi connectivity index (χ3v) is 4.83. The average Bonchev–Trinajstić information content (AvgIpc) is 3.19. The normalized spacial score (nSPS) is 11.3. The highest BCUT2D eigenvalue weighted by atomic mass is 16.6. The maximum Gasteiger partial charge on any atom is 0.330 e. The molecular formula is C24H27N3O5. The number of benzene rings is 2. The molecule has 0 aliphatic heterocycles. The summed E-state index contributed by atoms with van der Waals surface area (Å²) in [4.78, 5) is 24.5. The number of aromatic hydroxyl groups is 1. The van der Waals surface area contributed by atoms with Gasteiger partial charge in [0.2, 0.25) is 0 Å². The van der Waals surface area contributed by atoms with Crippen molar-refractivity contribution in [3.05, 3.63) is 60.2 Å². The summed E-state index contributed by atoms with van der Waals surface area (Å²) in [5.41, 5.74) is 3.13. The average molecular weight is 437 g/mol. The first-order chi connectivity index (χ1) is 15.2. The minimum atomic E-state index is -0.563. The highest BCUT2D eigenvalue weighted by Crippen LogP contribution is 2.36. The molecule has 2 aromatic carbocycles. The van der Waals surface area contributed by atoms with Crippen LogP contribution in [-0.4, -0.2) is 45.3 Å². The number of aromatic nitrogens is 3. The molecular weight excluding hydrogens is 410 g/mol. The first-order valence-corrected chi connectivity index (χ1v) is 10.3. The Hall–Kier alpha value is -3.68. The first kappa shape index (κ1) is 23.0. The number of esters is 2. The van der Waals surface area contributed by atoms with Crippen molar-refractivity contribution in [1.29, 1.82) is 0 Å². The lowest BCUT2D eigenvalue weighted by Gasteiger charge is -2.23. The molecule has 1 heterocycles. The molecule has 0 radical (unpaired) electrons. The van der Waals surface area contributed by atoms with Crippen molar-refractivity contribution in [2.45, 2.75) is 39.0 Å². The van der Waals surface area contributed by atoms with Gasteiger partial charge in [-0.2, -0.15) is 0 Å². The number of phenolic OH excluding ortho intramolecular Hbond substituents is 1. The van der Waals surface area contributed by atoms with Crippen LogP contribution in [0.5, 0.6) is 5.75 Å². The Morgan fingerprint density at radius 2 is 1.72 bits per heavy atom. The number of nitrogens with zero attached hydrogens (tertiary/aromatic N) is 3. The molecule has 0 saturated heterocycles. The van der Waals surface area contributed by atoms with E-state index in [0.717, 1.165) is 28.2 Å². The lowest BCUT2D eigenvalue weighted by Crippen LogP contribution is -2.15. The van der Waals surface area contributed by atoms with Crippen molar-refractivity contribution in [2.24, 2.45) is 0 Å². The molecule has 0 unspecified atom stereocenters. The number of hydrogen-bond acceptors (Lipinski definition) is 7. The number of phenols is 1. The van der Waals surface area contributed by atoms with Crippen molar-refractivity contribution in [3.8, 4) is 11.4 Å². The molecule has 0 fully saturated rings. The standard InChI is InChI=1S/C24H27N3O5/c1-5-21(28)31-12-13-32-22(29)11-10-16-14-17(24(2,3)4)23(30)20(15-16)27-25-18-8-6-7-9-19(18)26-27/h5-9,14-15,30H,1,10-13H2,2-4H3. The highest BCUT2D eigenvalue weighted by Gasteiger charge is 2.23. The zero-order chi connectivity index (χ0) is 23.3. The van der Waals surface area contributed by atoms with E-state index in [1.165, 1.54) is 4.80 Å². The second-order valence-electron chi connectivity index (χ2n) is 8.33. The van der Waals surface area contributed by atoms with E-state index in [-0.39, 0.29) is 30.8 Å². The Balaban J connectivity index is 1.79. The van der Waals surface area contributed by atoms with Crippen LogP contribution in [0.3, 0.4) is 0 Å². The first-order valence-electron chi connectivity index (χ1n) is 10.3. The molecule has 168 valence electrons. The van der Waals surface area contributed by atoms with Crippen LogP contribution in [0, 0.1) is 0 Å². The van der Waals surface area contributed by atoms with Crippen LogP contribution in [0.25, 0.3) is 16.7 Å². The molecule has 0 bridgehead atoms. The third kappa shape index (κ3) is 5.51. The molecule has 1 aromatic heterocycles. The molecule has 0 aliphatic carbocycles. The van der Waals surface area contributed by atoms with Crippen molar-refractivity contribution in [2.75, 3.05) is 13.2 Å². The Kier molecular flexibility index (Phi) is 6.92. The van der Waals surface area contributed by atoms with Gasteiger partial charge in [0.25, 0.3) is 0 Å². The van der Waals surface area contributed by atoms with Gasteiger partial charge in [0.1, 0.15) is 35.7 Å². The van der Waals surface area contributed by atoms with E-state index in [1.54, 1.807) is 6.07 Å². The summed E-state index contributed by atoms with van der Waals surface area (Å²) >= 11 is 0. The largest absolute Gasteiger partial charge is 0.505 e. The quantitative estimate of drug-likeness (QED) is 0.326.